The lowest BCUT2D eigenvalue weighted by atomic mass is 10.1. The van der Waals surface area contributed by atoms with E-state index in [9.17, 15) is 15.0 Å². The molecule has 1 saturated heterocycles. The van der Waals surface area contributed by atoms with Crippen LogP contribution in [0.5, 0.6) is 0 Å². The molecule has 0 aliphatic carbocycles. The summed E-state index contributed by atoms with van der Waals surface area (Å²) in [7, 11) is 0. The first-order chi connectivity index (χ1) is 13.1. The topological polar surface area (TPSA) is 139 Å². The maximum absolute atomic E-state index is 12.3. The van der Waals surface area contributed by atoms with Crippen LogP contribution in [0.3, 0.4) is 0 Å². The van der Waals surface area contributed by atoms with Crippen LogP contribution < -0.4 is 11.3 Å². The first kappa shape index (κ1) is 21.0. The molecule has 3 rings (SSSR count). The Morgan fingerprint density at radius 3 is 2.68 bits per heavy atom. The second kappa shape index (κ2) is 7.99. The average Bonchev–Trinajstić information content (AvgIpc) is 3.09. The van der Waals surface area contributed by atoms with E-state index in [0.29, 0.717) is 18.7 Å². The standard InChI is InChI=1S/C18H30N5O4P/c1-5-6-7-11-20-12-15(21-18(19)22-16(12)26)23(11)17-14(25)13(24)10(27-17)8-9-28(2,3)4/h10,13-14,17,24-25H,2,5-9H2,1,3-4H3,(H3,19,21,22,26)/t10-,13-,14-,17-/m1/s1. The van der Waals surface area contributed by atoms with Crippen LogP contribution in [0.4, 0.5) is 5.95 Å². The molecule has 5 N–H and O–H groups in total. The molecule has 9 nitrogen and oxygen atoms in total. The highest BCUT2D eigenvalue weighted by Crippen LogP contribution is 2.40. The fourth-order valence-electron chi connectivity index (χ4n) is 3.48. The predicted octanol–water partition coefficient (Wildman–Crippen LogP) is 0.763. The van der Waals surface area contributed by atoms with Crippen LogP contribution >= 0.6 is 6.89 Å². The van der Waals surface area contributed by atoms with Gasteiger partial charge >= 0.3 is 0 Å². The number of aryl methyl sites for hydroxylation is 1. The van der Waals surface area contributed by atoms with Gasteiger partial charge in [-0.05, 0) is 32.3 Å². The van der Waals surface area contributed by atoms with Crippen LogP contribution in [0.25, 0.3) is 11.2 Å². The molecule has 0 saturated carbocycles. The molecule has 0 bridgehead atoms. The van der Waals surface area contributed by atoms with E-state index in [1.165, 1.54) is 0 Å². The van der Waals surface area contributed by atoms with E-state index in [0.717, 1.165) is 19.0 Å². The number of nitrogens with one attached hydrogen (secondary N) is 1. The van der Waals surface area contributed by atoms with Gasteiger partial charge in [0.15, 0.2) is 17.4 Å². The van der Waals surface area contributed by atoms with Gasteiger partial charge in [0.05, 0.1) is 6.10 Å². The fraction of sp³-hybridized carbons (Fsp3) is 0.667. The van der Waals surface area contributed by atoms with Gasteiger partial charge in [-0.15, -0.1) is 13.2 Å². The van der Waals surface area contributed by atoms with Crippen molar-refractivity contribution in [2.24, 2.45) is 0 Å². The van der Waals surface area contributed by atoms with Crippen LogP contribution in [-0.2, 0) is 11.2 Å². The minimum Gasteiger partial charge on any atom is -0.388 e. The number of aromatic amines is 1. The molecular weight excluding hydrogens is 381 g/mol. The third kappa shape index (κ3) is 4.17. The second-order valence-electron chi connectivity index (χ2n) is 8.12. The number of aromatic nitrogens is 4. The van der Waals surface area contributed by atoms with E-state index in [2.05, 4.69) is 41.5 Å². The Kier molecular flexibility index (Phi) is 6.00. The van der Waals surface area contributed by atoms with Crippen LogP contribution in [-0.4, -0.2) is 73.8 Å². The van der Waals surface area contributed by atoms with Gasteiger partial charge in [0.2, 0.25) is 5.95 Å². The van der Waals surface area contributed by atoms with Gasteiger partial charge in [0, 0.05) is 6.42 Å². The van der Waals surface area contributed by atoms with Gasteiger partial charge in [-0.3, -0.25) is 14.3 Å². The number of ether oxygens (including phenoxy) is 1. The molecule has 2 aromatic rings. The number of hydrogen-bond acceptors (Lipinski definition) is 7. The second-order valence-corrected chi connectivity index (χ2v) is 12.4. The molecule has 0 radical (unpaired) electrons. The van der Waals surface area contributed by atoms with Crippen molar-refractivity contribution in [1.82, 2.24) is 19.5 Å². The van der Waals surface area contributed by atoms with Crippen LogP contribution in [0, 0.1) is 0 Å². The number of rotatable bonds is 7. The highest BCUT2D eigenvalue weighted by atomic mass is 31.2. The molecule has 28 heavy (non-hydrogen) atoms. The van der Waals surface area contributed by atoms with E-state index in [1.807, 2.05) is 0 Å². The van der Waals surface area contributed by atoms with E-state index < -0.39 is 37.0 Å². The Balaban J connectivity index is 2.01. The molecule has 1 aliphatic rings. The van der Waals surface area contributed by atoms with Gasteiger partial charge in [-0.25, -0.2) is 4.98 Å². The zero-order chi connectivity index (χ0) is 20.6. The lowest BCUT2D eigenvalue weighted by Crippen LogP contribution is -2.32. The van der Waals surface area contributed by atoms with Crippen molar-refractivity contribution < 1.29 is 14.9 Å². The molecule has 10 heteroatoms. The zero-order valence-electron chi connectivity index (χ0n) is 16.6. The lowest BCUT2D eigenvalue weighted by Gasteiger charge is -2.20. The number of H-pyrrole nitrogens is 1. The zero-order valence-corrected chi connectivity index (χ0v) is 17.5. The molecule has 3 heterocycles. The van der Waals surface area contributed by atoms with E-state index in [4.69, 9.17) is 10.5 Å². The molecule has 0 aromatic carbocycles. The number of aliphatic hydroxyl groups is 2. The van der Waals surface area contributed by atoms with Crippen molar-refractivity contribution in [2.75, 3.05) is 25.2 Å². The van der Waals surface area contributed by atoms with Gasteiger partial charge in [0.25, 0.3) is 5.56 Å². The number of imidazole rings is 1. The summed E-state index contributed by atoms with van der Waals surface area (Å²) in [6, 6.07) is 0. The number of fused-ring (bicyclic) bond motifs is 1. The Bertz CT molecular complexity index is 949. The first-order valence-corrected chi connectivity index (χ1v) is 12.6. The monoisotopic (exact) mass is 411 g/mol. The van der Waals surface area contributed by atoms with Crippen molar-refractivity contribution >= 4 is 30.3 Å². The first-order valence-electron chi connectivity index (χ1n) is 9.58. The summed E-state index contributed by atoms with van der Waals surface area (Å²) in [6.45, 7) is 5.01. The molecule has 2 aromatic heterocycles. The predicted molar refractivity (Wildman–Crippen MR) is 112 cm³/mol. The molecule has 0 unspecified atom stereocenters. The van der Waals surface area contributed by atoms with Gasteiger partial charge in [-0.2, -0.15) is 4.98 Å². The molecule has 1 fully saturated rings. The average molecular weight is 411 g/mol. The SMILES string of the molecule is C=P(C)(C)CC[C@H]1O[C@@H](n2c(CCCC)nc3c(=O)[nH]c(N)nc32)[C@H](O)[C@@H]1O. The van der Waals surface area contributed by atoms with Gasteiger partial charge in [0.1, 0.15) is 18.0 Å². The van der Waals surface area contributed by atoms with Crippen LogP contribution in [0.1, 0.15) is 38.2 Å². The number of hydrogen-bond donors (Lipinski definition) is 4. The van der Waals surface area contributed by atoms with Crippen molar-refractivity contribution in [2.45, 2.75) is 57.1 Å². The third-order valence-electron chi connectivity index (χ3n) is 5.01. The van der Waals surface area contributed by atoms with E-state index in [1.54, 1.807) is 4.57 Å². The number of anilines is 1. The summed E-state index contributed by atoms with van der Waals surface area (Å²) in [5.74, 6) is 0.552. The lowest BCUT2D eigenvalue weighted by molar-refractivity contribution is -0.0368. The number of unbranched alkanes of at least 4 members (excludes halogenated alkanes) is 1. The summed E-state index contributed by atoms with van der Waals surface area (Å²) in [4.78, 5) is 23.4. The molecule has 0 spiro atoms. The molecule has 1 aliphatic heterocycles. The maximum atomic E-state index is 12.3. The summed E-state index contributed by atoms with van der Waals surface area (Å²) in [6.07, 6.45) is 4.43. The Morgan fingerprint density at radius 2 is 2.04 bits per heavy atom. The van der Waals surface area contributed by atoms with E-state index >= 15 is 0 Å². The normalized spacial score (nSPS) is 25.6. The molecule has 0 amide bonds. The highest BCUT2D eigenvalue weighted by molar-refractivity contribution is 7.72. The minimum absolute atomic E-state index is 0.0334. The Morgan fingerprint density at radius 1 is 1.32 bits per heavy atom. The van der Waals surface area contributed by atoms with E-state index in [-0.39, 0.29) is 17.1 Å². The number of nitrogens with two attached hydrogens (primary N) is 1. The van der Waals surface area contributed by atoms with Crippen molar-refractivity contribution in [1.29, 1.82) is 0 Å². The summed E-state index contributed by atoms with van der Waals surface area (Å²) >= 11 is 0. The van der Waals surface area contributed by atoms with Crippen molar-refractivity contribution in [3.8, 4) is 0 Å². The highest BCUT2D eigenvalue weighted by Gasteiger charge is 2.45. The maximum Gasteiger partial charge on any atom is 0.280 e. The fourth-order valence-corrected chi connectivity index (χ4v) is 4.44. The summed E-state index contributed by atoms with van der Waals surface area (Å²) in [5.41, 5.74) is 5.70. The molecule has 4 atom stereocenters. The van der Waals surface area contributed by atoms with Crippen molar-refractivity contribution in [3.05, 3.63) is 16.2 Å². The van der Waals surface area contributed by atoms with Gasteiger partial charge < -0.3 is 20.7 Å². The smallest absolute Gasteiger partial charge is 0.280 e. The van der Waals surface area contributed by atoms with Gasteiger partial charge in [-0.1, -0.05) is 13.3 Å². The Labute approximate surface area is 163 Å². The largest absolute Gasteiger partial charge is 0.388 e. The number of nitrogen functional groups attached to an aromatic ring is 1. The minimum atomic E-state index is -1.29. The van der Waals surface area contributed by atoms with Crippen LogP contribution in [0.15, 0.2) is 4.79 Å². The summed E-state index contributed by atoms with van der Waals surface area (Å²) in [5, 5.41) is 21.2. The molecular formula is C18H30N5O4P. The number of nitrogens with zero attached hydrogens (tertiary/aromatic N) is 3. The number of aliphatic hydroxyl groups excluding tert-OH is 2. The third-order valence-corrected chi connectivity index (χ3v) is 6.48. The Hall–Kier alpha value is -1.67. The van der Waals surface area contributed by atoms with Crippen LogP contribution in [0.2, 0.25) is 0 Å². The summed E-state index contributed by atoms with van der Waals surface area (Å²) < 4.78 is 7.67. The quantitative estimate of drug-likeness (QED) is 0.493. The molecule has 156 valence electrons. The van der Waals surface area contributed by atoms with Crippen molar-refractivity contribution in [3.63, 3.8) is 0 Å².